The number of nitrogens with one attached hydrogen (secondary N) is 1. The molecule has 0 atom stereocenters. The lowest BCUT2D eigenvalue weighted by Gasteiger charge is -2.32. The standard InChI is InChI=1S/C23H19F3N2O5/c24-15-8-14-16(29)9-19(33-22(14)21(26)20(15)25)23(30)27-13-3-5-28(6-4-13)10-12-1-2-17-18(7-12)32-11-31-17/h1-2,7-9,13H,3-6,10-11H2,(H,27,30). The molecule has 0 saturated carbocycles. The molecule has 5 rings (SSSR count). The number of carbonyl (C=O) groups excluding carboxylic acids is 1. The van der Waals surface area contributed by atoms with E-state index in [-0.39, 0.29) is 12.8 Å². The molecule has 2 aromatic carbocycles. The van der Waals surface area contributed by atoms with Crippen LogP contribution in [-0.2, 0) is 6.54 Å². The molecule has 0 bridgehead atoms. The van der Waals surface area contributed by atoms with Gasteiger partial charge in [0.2, 0.25) is 12.6 Å². The Morgan fingerprint density at radius 2 is 1.79 bits per heavy atom. The zero-order valence-corrected chi connectivity index (χ0v) is 17.3. The molecule has 0 unspecified atom stereocenters. The fourth-order valence-corrected chi connectivity index (χ4v) is 4.10. The van der Waals surface area contributed by atoms with Gasteiger partial charge in [-0.3, -0.25) is 14.5 Å². The van der Waals surface area contributed by atoms with E-state index < -0.39 is 45.5 Å². The quantitative estimate of drug-likeness (QED) is 0.602. The van der Waals surface area contributed by atoms with Gasteiger partial charge in [-0.25, -0.2) is 8.78 Å². The molecular formula is C23H19F3N2O5. The third-order valence-corrected chi connectivity index (χ3v) is 5.85. The van der Waals surface area contributed by atoms with Crippen molar-refractivity contribution in [2.75, 3.05) is 19.9 Å². The van der Waals surface area contributed by atoms with E-state index in [0.29, 0.717) is 18.9 Å². The van der Waals surface area contributed by atoms with E-state index in [4.69, 9.17) is 13.9 Å². The van der Waals surface area contributed by atoms with Crippen molar-refractivity contribution >= 4 is 16.9 Å². The second-order valence-corrected chi connectivity index (χ2v) is 8.05. The first kappa shape index (κ1) is 21.3. The predicted molar refractivity (Wildman–Crippen MR) is 111 cm³/mol. The van der Waals surface area contributed by atoms with Crippen LogP contribution in [0, 0.1) is 17.5 Å². The van der Waals surface area contributed by atoms with Crippen molar-refractivity contribution in [3.05, 3.63) is 69.3 Å². The van der Waals surface area contributed by atoms with E-state index >= 15 is 0 Å². The van der Waals surface area contributed by atoms with Crippen LogP contribution in [0.4, 0.5) is 13.2 Å². The highest BCUT2D eigenvalue weighted by Crippen LogP contribution is 2.33. The summed E-state index contributed by atoms with van der Waals surface area (Å²) in [4.78, 5) is 27.0. The van der Waals surface area contributed by atoms with E-state index in [1.54, 1.807) is 0 Å². The maximum absolute atomic E-state index is 14.0. The van der Waals surface area contributed by atoms with Crippen LogP contribution in [0.3, 0.4) is 0 Å². The zero-order chi connectivity index (χ0) is 23.1. The third kappa shape index (κ3) is 4.13. The maximum atomic E-state index is 14.0. The van der Waals surface area contributed by atoms with Crippen molar-refractivity contribution in [2.45, 2.75) is 25.4 Å². The predicted octanol–water partition coefficient (Wildman–Crippen LogP) is 3.33. The lowest BCUT2D eigenvalue weighted by atomic mass is 10.0. The van der Waals surface area contributed by atoms with Crippen LogP contribution in [-0.4, -0.2) is 36.7 Å². The van der Waals surface area contributed by atoms with E-state index in [9.17, 15) is 22.8 Å². The van der Waals surface area contributed by atoms with E-state index in [0.717, 1.165) is 42.8 Å². The number of rotatable bonds is 4. The van der Waals surface area contributed by atoms with Crippen LogP contribution in [0.25, 0.3) is 11.0 Å². The zero-order valence-electron chi connectivity index (χ0n) is 17.3. The molecule has 1 aromatic heterocycles. The van der Waals surface area contributed by atoms with Gasteiger partial charge in [-0.15, -0.1) is 0 Å². The molecule has 1 fully saturated rings. The van der Waals surface area contributed by atoms with Gasteiger partial charge in [0, 0.05) is 31.7 Å². The summed E-state index contributed by atoms with van der Waals surface area (Å²) in [6.07, 6.45) is 1.31. The van der Waals surface area contributed by atoms with Gasteiger partial charge in [0.1, 0.15) is 0 Å². The van der Waals surface area contributed by atoms with Gasteiger partial charge in [0.15, 0.2) is 39.9 Å². The van der Waals surface area contributed by atoms with Gasteiger partial charge < -0.3 is 19.2 Å². The second-order valence-electron chi connectivity index (χ2n) is 8.05. The molecule has 3 heterocycles. The summed E-state index contributed by atoms with van der Waals surface area (Å²) in [5.41, 5.74) is -0.534. The Labute approximate surface area is 185 Å². The molecule has 0 radical (unpaired) electrons. The highest BCUT2D eigenvalue weighted by atomic mass is 19.2. The molecule has 33 heavy (non-hydrogen) atoms. The van der Waals surface area contributed by atoms with E-state index in [1.165, 1.54) is 0 Å². The fraction of sp³-hybridized carbons (Fsp3) is 0.304. The molecule has 3 aromatic rings. The number of hydrogen-bond donors (Lipinski definition) is 1. The molecular weight excluding hydrogens is 441 g/mol. The molecule has 2 aliphatic heterocycles. The number of carbonyl (C=O) groups is 1. The summed E-state index contributed by atoms with van der Waals surface area (Å²) >= 11 is 0. The van der Waals surface area contributed by atoms with E-state index in [1.807, 2.05) is 18.2 Å². The first-order valence-electron chi connectivity index (χ1n) is 10.4. The number of ether oxygens (including phenoxy) is 2. The van der Waals surface area contributed by atoms with E-state index in [2.05, 4.69) is 10.2 Å². The summed E-state index contributed by atoms with van der Waals surface area (Å²) in [5, 5.41) is 2.29. The Bertz CT molecular complexity index is 1300. The molecule has 10 heteroatoms. The largest absolute Gasteiger partial charge is 0.454 e. The van der Waals surface area contributed by atoms with Gasteiger partial charge in [-0.2, -0.15) is 4.39 Å². The van der Waals surface area contributed by atoms with Crippen LogP contribution in [0.15, 0.2) is 39.5 Å². The number of benzene rings is 2. The number of fused-ring (bicyclic) bond motifs is 2. The topological polar surface area (TPSA) is 81.0 Å². The Kier molecular flexibility index (Phi) is 5.45. The first-order valence-corrected chi connectivity index (χ1v) is 10.4. The van der Waals surface area contributed by atoms with Gasteiger partial charge in [0.05, 0.1) is 5.39 Å². The van der Waals surface area contributed by atoms with Crippen LogP contribution in [0.2, 0.25) is 0 Å². The first-order chi connectivity index (χ1) is 15.9. The van der Waals surface area contributed by atoms with Crippen LogP contribution >= 0.6 is 0 Å². The Hall–Kier alpha value is -3.53. The minimum absolute atomic E-state index is 0.179. The number of nitrogens with zero attached hydrogens (tertiary/aromatic N) is 1. The molecule has 1 saturated heterocycles. The van der Waals surface area contributed by atoms with Gasteiger partial charge in [-0.1, -0.05) is 6.07 Å². The molecule has 2 aliphatic rings. The Morgan fingerprint density at radius 3 is 2.58 bits per heavy atom. The molecule has 0 spiro atoms. The average Bonchev–Trinajstić information content (AvgIpc) is 3.27. The SMILES string of the molecule is O=C(NC1CCN(Cc2ccc3c(c2)OCO3)CC1)c1cc(=O)c2cc(F)c(F)c(F)c2o1. The highest BCUT2D eigenvalue weighted by Gasteiger charge is 2.25. The molecule has 0 aliphatic carbocycles. The summed E-state index contributed by atoms with van der Waals surface area (Å²) in [6.45, 7) is 2.39. The van der Waals surface area contributed by atoms with Crippen LogP contribution < -0.4 is 20.2 Å². The van der Waals surface area contributed by atoms with Gasteiger partial charge in [0.25, 0.3) is 5.91 Å². The smallest absolute Gasteiger partial charge is 0.287 e. The van der Waals surface area contributed by atoms with Crippen molar-refractivity contribution in [3.8, 4) is 11.5 Å². The van der Waals surface area contributed by atoms with Crippen LogP contribution in [0.5, 0.6) is 11.5 Å². The Morgan fingerprint density at radius 1 is 1.03 bits per heavy atom. The lowest BCUT2D eigenvalue weighted by molar-refractivity contribution is 0.0881. The van der Waals surface area contributed by atoms with Gasteiger partial charge in [-0.05, 0) is 36.6 Å². The molecule has 1 amide bonds. The maximum Gasteiger partial charge on any atom is 0.287 e. The lowest BCUT2D eigenvalue weighted by Crippen LogP contribution is -2.44. The fourth-order valence-electron chi connectivity index (χ4n) is 4.10. The molecule has 172 valence electrons. The van der Waals surface area contributed by atoms with Crippen molar-refractivity contribution in [1.29, 1.82) is 0 Å². The average molecular weight is 460 g/mol. The third-order valence-electron chi connectivity index (χ3n) is 5.85. The summed E-state index contributed by atoms with van der Waals surface area (Å²) in [6, 6.07) is 7.04. The van der Waals surface area contributed by atoms with Crippen molar-refractivity contribution in [1.82, 2.24) is 10.2 Å². The molecule has 1 N–H and O–H groups in total. The normalized spacial score (nSPS) is 16.3. The minimum atomic E-state index is -1.77. The summed E-state index contributed by atoms with van der Waals surface area (Å²) in [7, 11) is 0. The van der Waals surface area contributed by atoms with Crippen LogP contribution in [0.1, 0.15) is 29.0 Å². The molecule has 7 nitrogen and oxygen atoms in total. The van der Waals surface area contributed by atoms with Gasteiger partial charge >= 0.3 is 0 Å². The number of hydrogen-bond acceptors (Lipinski definition) is 6. The second kappa shape index (κ2) is 8.43. The number of likely N-dealkylation sites (tertiary alicyclic amines) is 1. The number of amides is 1. The Balaban J connectivity index is 1.22. The minimum Gasteiger partial charge on any atom is -0.454 e. The number of piperidine rings is 1. The van der Waals surface area contributed by atoms with Crippen molar-refractivity contribution in [3.63, 3.8) is 0 Å². The summed E-state index contributed by atoms with van der Waals surface area (Å²) < 4.78 is 56.8. The van der Waals surface area contributed by atoms with Crippen molar-refractivity contribution < 1.29 is 31.9 Å². The monoisotopic (exact) mass is 460 g/mol. The van der Waals surface area contributed by atoms with Crippen molar-refractivity contribution in [2.24, 2.45) is 0 Å². The summed E-state index contributed by atoms with van der Waals surface area (Å²) in [5.74, 6) is -4.63. The highest BCUT2D eigenvalue weighted by molar-refractivity contribution is 5.93. The number of halogens is 3.